The summed E-state index contributed by atoms with van der Waals surface area (Å²) >= 11 is 0. The molecule has 0 radical (unpaired) electrons. The number of fused-ring (bicyclic) bond motifs is 1. The molecule has 0 aliphatic carbocycles. The number of carboxylic acid groups (broad SMARTS) is 1. The second kappa shape index (κ2) is 6.49. The summed E-state index contributed by atoms with van der Waals surface area (Å²) in [5.41, 5.74) is 1.88. The third-order valence-corrected chi connectivity index (χ3v) is 3.09. The minimum absolute atomic E-state index is 0.0228. The van der Waals surface area contributed by atoms with Crippen LogP contribution in [0.5, 0.6) is 0 Å². The summed E-state index contributed by atoms with van der Waals surface area (Å²) in [5, 5.41) is 17.7. The Balaban J connectivity index is 2.16. The highest BCUT2D eigenvalue weighted by molar-refractivity contribution is 5.92. The summed E-state index contributed by atoms with van der Waals surface area (Å²) in [6.45, 7) is 3.52. The van der Waals surface area contributed by atoms with Crippen molar-refractivity contribution in [1.29, 1.82) is 0 Å². The molecule has 6 heteroatoms. The van der Waals surface area contributed by atoms with Gasteiger partial charge in [0.1, 0.15) is 5.82 Å². The van der Waals surface area contributed by atoms with Gasteiger partial charge < -0.3 is 19.5 Å². The Morgan fingerprint density at radius 3 is 2.90 bits per heavy atom. The lowest BCUT2D eigenvalue weighted by molar-refractivity contribution is 0.0697. The van der Waals surface area contributed by atoms with E-state index in [9.17, 15) is 4.79 Å². The molecule has 0 bridgehead atoms. The number of aryl methyl sites for hydroxylation is 2. The van der Waals surface area contributed by atoms with E-state index in [4.69, 9.17) is 14.9 Å². The first-order valence-corrected chi connectivity index (χ1v) is 6.52. The van der Waals surface area contributed by atoms with Crippen molar-refractivity contribution in [3.8, 4) is 0 Å². The van der Waals surface area contributed by atoms with Gasteiger partial charge in [-0.2, -0.15) is 0 Å². The van der Waals surface area contributed by atoms with Crippen LogP contribution in [0.2, 0.25) is 0 Å². The normalized spacial score (nSPS) is 11.1. The van der Waals surface area contributed by atoms with Crippen molar-refractivity contribution in [2.24, 2.45) is 0 Å². The molecule has 0 fully saturated rings. The molecule has 2 aromatic rings. The Labute approximate surface area is 116 Å². The van der Waals surface area contributed by atoms with Crippen LogP contribution in [0, 0.1) is 6.92 Å². The summed E-state index contributed by atoms with van der Waals surface area (Å²) in [6.07, 6.45) is 0.781. The predicted molar refractivity (Wildman–Crippen MR) is 74.0 cm³/mol. The Morgan fingerprint density at radius 2 is 2.20 bits per heavy atom. The van der Waals surface area contributed by atoms with Gasteiger partial charge in [-0.25, -0.2) is 9.78 Å². The maximum absolute atomic E-state index is 11.0. The number of aromatic carboxylic acids is 1. The molecule has 0 atom stereocenters. The minimum Gasteiger partial charge on any atom is -0.478 e. The number of aliphatic hydroxyl groups is 1. The third kappa shape index (κ3) is 3.15. The van der Waals surface area contributed by atoms with Crippen molar-refractivity contribution in [3.05, 3.63) is 29.6 Å². The molecule has 2 rings (SSSR count). The van der Waals surface area contributed by atoms with Gasteiger partial charge in [0.25, 0.3) is 0 Å². The monoisotopic (exact) mass is 278 g/mol. The van der Waals surface area contributed by atoms with Crippen LogP contribution in [0.3, 0.4) is 0 Å². The van der Waals surface area contributed by atoms with Crippen molar-refractivity contribution in [2.45, 2.75) is 19.9 Å². The van der Waals surface area contributed by atoms with Gasteiger partial charge in [-0.1, -0.05) is 0 Å². The molecule has 1 aromatic carbocycles. The van der Waals surface area contributed by atoms with Gasteiger partial charge >= 0.3 is 5.97 Å². The van der Waals surface area contributed by atoms with Gasteiger partial charge in [-0.15, -0.1) is 0 Å². The molecule has 0 aliphatic rings. The number of carbonyl (C=O) groups is 1. The standard InChI is InChI=1S/C14H18N2O4/c1-10-15-12-4-3-11(14(18)19)9-13(12)16(10)5-2-7-20-8-6-17/h3-4,9,17H,2,5-8H2,1H3,(H,18,19). The number of aliphatic hydroxyl groups excluding tert-OH is 1. The fraction of sp³-hybridized carbons (Fsp3) is 0.429. The van der Waals surface area contributed by atoms with E-state index in [-0.39, 0.29) is 12.2 Å². The van der Waals surface area contributed by atoms with Gasteiger partial charge in [-0.05, 0) is 31.5 Å². The minimum atomic E-state index is -0.941. The van der Waals surface area contributed by atoms with Gasteiger partial charge in [0.15, 0.2) is 0 Å². The summed E-state index contributed by atoms with van der Waals surface area (Å²) in [6, 6.07) is 4.93. The van der Waals surface area contributed by atoms with E-state index in [1.807, 2.05) is 11.5 Å². The summed E-state index contributed by atoms with van der Waals surface area (Å²) in [7, 11) is 0. The molecule has 0 amide bonds. The first kappa shape index (κ1) is 14.5. The Kier molecular flexibility index (Phi) is 4.70. The van der Waals surface area contributed by atoms with E-state index in [0.29, 0.717) is 19.8 Å². The average molecular weight is 278 g/mol. The topological polar surface area (TPSA) is 84.6 Å². The van der Waals surface area contributed by atoms with Gasteiger partial charge in [-0.3, -0.25) is 0 Å². The fourth-order valence-electron chi connectivity index (χ4n) is 2.15. The molecule has 1 aromatic heterocycles. The largest absolute Gasteiger partial charge is 0.478 e. The number of ether oxygens (including phenoxy) is 1. The second-order valence-corrected chi connectivity index (χ2v) is 4.51. The smallest absolute Gasteiger partial charge is 0.335 e. The van der Waals surface area contributed by atoms with Crippen LogP contribution in [-0.4, -0.2) is 45.6 Å². The number of hydrogen-bond acceptors (Lipinski definition) is 4. The zero-order valence-corrected chi connectivity index (χ0v) is 11.4. The van der Waals surface area contributed by atoms with E-state index < -0.39 is 5.97 Å². The molecule has 108 valence electrons. The number of benzene rings is 1. The molecule has 0 saturated heterocycles. The molecular formula is C14H18N2O4. The van der Waals surface area contributed by atoms with Crippen LogP contribution >= 0.6 is 0 Å². The Morgan fingerprint density at radius 1 is 1.40 bits per heavy atom. The molecule has 2 N–H and O–H groups in total. The van der Waals surface area contributed by atoms with E-state index in [2.05, 4.69) is 4.98 Å². The zero-order chi connectivity index (χ0) is 14.5. The number of nitrogens with zero attached hydrogens (tertiary/aromatic N) is 2. The van der Waals surface area contributed by atoms with Crippen LogP contribution in [0.1, 0.15) is 22.6 Å². The molecule has 6 nitrogen and oxygen atoms in total. The zero-order valence-electron chi connectivity index (χ0n) is 11.4. The highest BCUT2D eigenvalue weighted by Gasteiger charge is 2.10. The van der Waals surface area contributed by atoms with Crippen molar-refractivity contribution >= 4 is 17.0 Å². The van der Waals surface area contributed by atoms with E-state index in [1.54, 1.807) is 18.2 Å². The number of carboxylic acids is 1. The SMILES string of the molecule is Cc1nc2ccc(C(=O)O)cc2n1CCCOCCO. The van der Waals surface area contributed by atoms with E-state index in [1.165, 1.54) is 0 Å². The van der Waals surface area contributed by atoms with Crippen molar-refractivity contribution in [3.63, 3.8) is 0 Å². The Hall–Kier alpha value is -1.92. The summed E-state index contributed by atoms with van der Waals surface area (Å²) in [4.78, 5) is 15.4. The Bertz CT molecular complexity index is 606. The summed E-state index contributed by atoms with van der Waals surface area (Å²) < 4.78 is 7.21. The predicted octanol–water partition coefficient (Wildman–Crippen LogP) is 1.44. The highest BCUT2D eigenvalue weighted by atomic mass is 16.5. The molecule has 20 heavy (non-hydrogen) atoms. The fourth-order valence-corrected chi connectivity index (χ4v) is 2.15. The molecule has 0 unspecified atom stereocenters. The number of hydrogen-bond donors (Lipinski definition) is 2. The average Bonchev–Trinajstić information content (AvgIpc) is 2.73. The number of imidazole rings is 1. The molecule has 0 aliphatic heterocycles. The first-order chi connectivity index (χ1) is 9.63. The van der Waals surface area contributed by atoms with Gasteiger partial charge in [0.2, 0.25) is 0 Å². The van der Waals surface area contributed by atoms with Crippen molar-refractivity contribution in [1.82, 2.24) is 9.55 Å². The number of rotatable bonds is 7. The molecule has 0 spiro atoms. The quantitative estimate of drug-likeness (QED) is 0.749. The number of aromatic nitrogens is 2. The first-order valence-electron chi connectivity index (χ1n) is 6.52. The lowest BCUT2D eigenvalue weighted by atomic mass is 10.2. The van der Waals surface area contributed by atoms with Crippen LogP contribution in [0.4, 0.5) is 0 Å². The molecule has 0 saturated carbocycles. The summed E-state index contributed by atoms with van der Waals surface area (Å²) in [5.74, 6) is -0.0896. The van der Waals surface area contributed by atoms with Crippen LogP contribution in [0.25, 0.3) is 11.0 Å². The maximum Gasteiger partial charge on any atom is 0.335 e. The van der Waals surface area contributed by atoms with Crippen LogP contribution in [-0.2, 0) is 11.3 Å². The second-order valence-electron chi connectivity index (χ2n) is 4.51. The maximum atomic E-state index is 11.0. The third-order valence-electron chi connectivity index (χ3n) is 3.09. The van der Waals surface area contributed by atoms with Gasteiger partial charge in [0, 0.05) is 13.2 Å². The van der Waals surface area contributed by atoms with Crippen LogP contribution < -0.4 is 0 Å². The van der Waals surface area contributed by atoms with E-state index >= 15 is 0 Å². The van der Waals surface area contributed by atoms with Crippen molar-refractivity contribution in [2.75, 3.05) is 19.8 Å². The lowest BCUT2D eigenvalue weighted by Gasteiger charge is -2.07. The van der Waals surface area contributed by atoms with Crippen LogP contribution in [0.15, 0.2) is 18.2 Å². The van der Waals surface area contributed by atoms with Gasteiger partial charge in [0.05, 0.1) is 29.8 Å². The van der Waals surface area contributed by atoms with Crippen molar-refractivity contribution < 1.29 is 19.7 Å². The highest BCUT2D eigenvalue weighted by Crippen LogP contribution is 2.18. The molecule has 1 heterocycles. The lowest BCUT2D eigenvalue weighted by Crippen LogP contribution is -2.06. The van der Waals surface area contributed by atoms with E-state index in [0.717, 1.165) is 23.3 Å². The molecular weight excluding hydrogens is 260 g/mol.